The van der Waals surface area contributed by atoms with Crippen LogP contribution in [0.3, 0.4) is 0 Å². The van der Waals surface area contributed by atoms with Gasteiger partial charge in [-0.05, 0) is 33.0 Å². The lowest BCUT2D eigenvalue weighted by molar-refractivity contribution is 0.0774. The summed E-state index contributed by atoms with van der Waals surface area (Å²) in [4.78, 5) is 2.26. The Labute approximate surface area is 103 Å². The summed E-state index contributed by atoms with van der Waals surface area (Å²) in [5.41, 5.74) is 1.20. The van der Waals surface area contributed by atoms with Gasteiger partial charge in [0.25, 0.3) is 0 Å². The minimum absolute atomic E-state index is 0.409. The highest BCUT2D eigenvalue weighted by Crippen LogP contribution is 2.15. The molecule has 1 fully saturated rings. The molecule has 4 heteroatoms. The number of furan rings is 1. The van der Waals surface area contributed by atoms with Crippen molar-refractivity contribution in [1.82, 2.24) is 10.2 Å². The molecule has 1 aromatic rings. The first-order valence-corrected chi connectivity index (χ1v) is 6.29. The lowest BCUT2D eigenvalue weighted by Crippen LogP contribution is -2.28. The highest BCUT2D eigenvalue weighted by atomic mass is 16.5. The van der Waals surface area contributed by atoms with E-state index in [1.54, 1.807) is 0 Å². The van der Waals surface area contributed by atoms with Gasteiger partial charge in [0.2, 0.25) is 0 Å². The Balaban J connectivity index is 1.78. The highest BCUT2D eigenvalue weighted by Gasteiger charge is 2.17. The maximum Gasteiger partial charge on any atom is 0.118 e. The van der Waals surface area contributed by atoms with Crippen molar-refractivity contribution in [3.8, 4) is 0 Å². The van der Waals surface area contributed by atoms with Crippen LogP contribution in [0.15, 0.2) is 16.7 Å². The van der Waals surface area contributed by atoms with Crippen LogP contribution in [-0.2, 0) is 17.8 Å². The molecule has 17 heavy (non-hydrogen) atoms. The Hall–Kier alpha value is -0.840. The van der Waals surface area contributed by atoms with Crippen LogP contribution in [0.2, 0.25) is 0 Å². The number of hydrogen-bond donors (Lipinski definition) is 1. The lowest BCUT2D eigenvalue weighted by Gasteiger charge is -2.19. The fourth-order valence-electron chi connectivity index (χ4n) is 2.27. The fraction of sp³-hybridized carbons (Fsp3) is 0.692. The van der Waals surface area contributed by atoms with Crippen molar-refractivity contribution in [1.29, 1.82) is 0 Å². The molecular weight excluding hydrogens is 216 g/mol. The zero-order valence-corrected chi connectivity index (χ0v) is 10.7. The van der Waals surface area contributed by atoms with Crippen LogP contribution in [0, 0.1) is 0 Å². The molecule has 1 aliphatic heterocycles. The maximum absolute atomic E-state index is 5.62. The lowest BCUT2D eigenvalue weighted by atomic mass is 10.2. The number of likely N-dealkylation sites (N-methyl/N-ethyl adjacent to an activating group) is 1. The third-order valence-electron chi connectivity index (χ3n) is 3.05. The van der Waals surface area contributed by atoms with Crippen LogP contribution in [0.1, 0.15) is 24.2 Å². The largest absolute Gasteiger partial charge is 0.468 e. The number of nitrogens with zero attached hydrogens (tertiary/aromatic N) is 1. The van der Waals surface area contributed by atoms with E-state index < -0.39 is 0 Å². The van der Waals surface area contributed by atoms with Crippen molar-refractivity contribution in [3.05, 3.63) is 23.7 Å². The monoisotopic (exact) mass is 238 g/mol. The van der Waals surface area contributed by atoms with Crippen molar-refractivity contribution < 1.29 is 9.15 Å². The van der Waals surface area contributed by atoms with Crippen molar-refractivity contribution in [2.24, 2.45) is 0 Å². The average Bonchev–Trinajstić information content (AvgIpc) is 2.91. The summed E-state index contributed by atoms with van der Waals surface area (Å²) in [6.07, 6.45) is 4.62. The molecule has 96 valence electrons. The molecule has 0 spiro atoms. The normalized spacial score (nSPS) is 20.3. The van der Waals surface area contributed by atoms with E-state index >= 15 is 0 Å². The summed E-state index contributed by atoms with van der Waals surface area (Å²) in [5, 5.41) is 3.12. The average molecular weight is 238 g/mol. The van der Waals surface area contributed by atoms with Crippen molar-refractivity contribution >= 4 is 0 Å². The van der Waals surface area contributed by atoms with Gasteiger partial charge in [0.05, 0.1) is 18.9 Å². The minimum atomic E-state index is 0.409. The molecule has 2 rings (SSSR count). The van der Waals surface area contributed by atoms with Crippen molar-refractivity contribution in [2.75, 3.05) is 27.2 Å². The summed E-state index contributed by atoms with van der Waals surface area (Å²) >= 11 is 0. The van der Waals surface area contributed by atoms with E-state index in [1.165, 1.54) is 18.4 Å². The van der Waals surface area contributed by atoms with Crippen LogP contribution >= 0.6 is 0 Å². The number of hydrogen-bond acceptors (Lipinski definition) is 4. The molecule has 0 amide bonds. The molecule has 1 atom stereocenters. The van der Waals surface area contributed by atoms with Crippen LogP contribution < -0.4 is 5.32 Å². The Morgan fingerprint density at radius 1 is 1.53 bits per heavy atom. The summed E-state index contributed by atoms with van der Waals surface area (Å²) in [6.45, 7) is 3.62. The standard InChI is InChI=1S/C13H22N2O2/c1-14-7-11-6-13(17-10-11)9-15(2)8-12-4-3-5-16-12/h6,10,12,14H,3-5,7-9H2,1-2H3. The molecule has 1 unspecified atom stereocenters. The summed E-state index contributed by atoms with van der Waals surface area (Å²) < 4.78 is 11.2. The van der Waals surface area contributed by atoms with Gasteiger partial charge in [-0.15, -0.1) is 0 Å². The van der Waals surface area contributed by atoms with E-state index in [0.717, 1.165) is 32.0 Å². The predicted molar refractivity (Wildman–Crippen MR) is 66.8 cm³/mol. The molecule has 0 aliphatic carbocycles. The SMILES string of the molecule is CNCc1coc(CN(C)CC2CCCO2)c1. The summed E-state index contributed by atoms with van der Waals surface area (Å²) in [6, 6.07) is 2.11. The van der Waals surface area contributed by atoms with Crippen LogP contribution in [0.25, 0.3) is 0 Å². The second-order valence-electron chi connectivity index (χ2n) is 4.78. The molecule has 2 heterocycles. The molecule has 1 aromatic heterocycles. The Morgan fingerprint density at radius 3 is 3.12 bits per heavy atom. The molecule has 1 aliphatic rings. The van der Waals surface area contributed by atoms with Gasteiger partial charge in [-0.1, -0.05) is 0 Å². The van der Waals surface area contributed by atoms with Crippen LogP contribution in [0.5, 0.6) is 0 Å². The van der Waals surface area contributed by atoms with Crippen LogP contribution in [0.4, 0.5) is 0 Å². The Kier molecular flexibility index (Phi) is 4.59. The van der Waals surface area contributed by atoms with Gasteiger partial charge in [0.1, 0.15) is 5.76 Å². The van der Waals surface area contributed by atoms with E-state index in [-0.39, 0.29) is 0 Å². The molecule has 0 bridgehead atoms. The topological polar surface area (TPSA) is 37.6 Å². The van der Waals surface area contributed by atoms with Gasteiger partial charge in [0.15, 0.2) is 0 Å². The second kappa shape index (κ2) is 6.19. The van der Waals surface area contributed by atoms with Gasteiger partial charge < -0.3 is 14.5 Å². The molecule has 0 aromatic carbocycles. The van der Waals surface area contributed by atoms with Gasteiger partial charge in [-0.25, -0.2) is 0 Å². The number of ether oxygens (including phenoxy) is 1. The highest BCUT2D eigenvalue weighted by molar-refractivity contribution is 5.12. The summed E-state index contributed by atoms with van der Waals surface area (Å²) in [7, 11) is 4.05. The molecule has 1 N–H and O–H groups in total. The van der Waals surface area contributed by atoms with Gasteiger partial charge in [0, 0.05) is 25.3 Å². The molecule has 0 saturated carbocycles. The first-order valence-electron chi connectivity index (χ1n) is 6.29. The van der Waals surface area contributed by atoms with Gasteiger partial charge in [-0.2, -0.15) is 0 Å². The van der Waals surface area contributed by atoms with Crippen molar-refractivity contribution in [3.63, 3.8) is 0 Å². The van der Waals surface area contributed by atoms with Crippen LogP contribution in [-0.4, -0.2) is 38.3 Å². The predicted octanol–water partition coefficient (Wildman–Crippen LogP) is 1.61. The zero-order chi connectivity index (χ0) is 12.1. The van der Waals surface area contributed by atoms with E-state index in [1.807, 2.05) is 13.3 Å². The number of rotatable bonds is 6. The Bertz CT molecular complexity index is 332. The third-order valence-corrected chi connectivity index (χ3v) is 3.05. The summed E-state index contributed by atoms with van der Waals surface area (Å²) in [5.74, 6) is 1.02. The quantitative estimate of drug-likeness (QED) is 0.817. The van der Waals surface area contributed by atoms with E-state index in [9.17, 15) is 0 Å². The fourth-order valence-corrected chi connectivity index (χ4v) is 2.27. The first kappa shape index (κ1) is 12.6. The first-order chi connectivity index (χ1) is 8.28. The Morgan fingerprint density at radius 2 is 2.41 bits per heavy atom. The molecule has 4 nitrogen and oxygen atoms in total. The zero-order valence-electron chi connectivity index (χ0n) is 10.7. The number of nitrogens with one attached hydrogen (secondary N) is 1. The molecule has 0 radical (unpaired) electrons. The van der Waals surface area contributed by atoms with E-state index in [0.29, 0.717) is 6.10 Å². The maximum atomic E-state index is 5.62. The third kappa shape index (κ3) is 3.84. The van der Waals surface area contributed by atoms with Crippen molar-refractivity contribution in [2.45, 2.75) is 32.0 Å². The van der Waals surface area contributed by atoms with E-state index in [4.69, 9.17) is 9.15 Å². The van der Waals surface area contributed by atoms with E-state index in [2.05, 4.69) is 23.3 Å². The van der Waals surface area contributed by atoms with Gasteiger partial charge >= 0.3 is 0 Å². The van der Waals surface area contributed by atoms with Gasteiger partial charge in [-0.3, -0.25) is 4.90 Å². The second-order valence-corrected chi connectivity index (χ2v) is 4.78. The molecular formula is C13H22N2O2. The smallest absolute Gasteiger partial charge is 0.118 e. The molecule has 1 saturated heterocycles. The minimum Gasteiger partial charge on any atom is -0.468 e.